The molecule has 3 aromatic carbocycles. The normalized spacial score (nSPS) is 13.5. The fourth-order valence-electron chi connectivity index (χ4n) is 4.84. The number of esters is 2. The maximum atomic E-state index is 14.1. The third-order valence-electron chi connectivity index (χ3n) is 6.78. The van der Waals surface area contributed by atoms with E-state index in [1.165, 1.54) is 7.11 Å². The number of benzene rings is 3. The molecular weight excluding hydrogens is 493 g/mol. The van der Waals surface area contributed by atoms with Gasteiger partial charge in [0.05, 0.1) is 12.4 Å². The topological polar surface area (TPSA) is 65.5 Å². The fourth-order valence-corrected chi connectivity index (χ4v) is 9.15. The highest BCUT2D eigenvalue weighted by atomic mass is 31.2. The molecule has 4 aromatic rings. The second kappa shape index (κ2) is 10.3. The van der Waals surface area contributed by atoms with Gasteiger partial charge < -0.3 is 9.47 Å². The number of aryl methyl sites for hydroxylation is 3. The molecule has 38 heavy (non-hydrogen) atoms. The molecule has 1 aliphatic rings. The van der Waals surface area contributed by atoms with E-state index in [1.807, 2.05) is 57.2 Å². The van der Waals surface area contributed by atoms with Crippen molar-refractivity contribution >= 4 is 45.8 Å². The Hall–Kier alpha value is -4.21. The molecule has 0 spiro atoms. The van der Waals surface area contributed by atoms with Crippen LogP contribution in [-0.2, 0) is 19.1 Å². The molecule has 1 aromatic heterocycles. The van der Waals surface area contributed by atoms with Crippen LogP contribution in [-0.4, -0.2) is 29.3 Å². The van der Waals surface area contributed by atoms with Crippen LogP contribution in [0.25, 0.3) is 5.76 Å². The third kappa shape index (κ3) is 4.29. The van der Waals surface area contributed by atoms with Crippen molar-refractivity contribution in [2.24, 2.45) is 0 Å². The number of hydrogen-bond acceptors (Lipinski definition) is 5. The van der Waals surface area contributed by atoms with Crippen molar-refractivity contribution in [3.05, 3.63) is 125 Å². The molecule has 0 bridgehead atoms. The number of rotatable bonds is 5. The lowest BCUT2D eigenvalue weighted by Gasteiger charge is -2.31. The summed E-state index contributed by atoms with van der Waals surface area (Å²) in [7, 11) is 1.32. The Balaban J connectivity index is 2.05. The van der Waals surface area contributed by atoms with Gasteiger partial charge in [0.25, 0.3) is 0 Å². The van der Waals surface area contributed by atoms with Gasteiger partial charge in [0.2, 0.25) is 0 Å². The van der Waals surface area contributed by atoms with Crippen molar-refractivity contribution in [3.63, 3.8) is 0 Å². The van der Waals surface area contributed by atoms with Gasteiger partial charge in [-0.05, 0) is 55.7 Å². The number of pyridine rings is 1. The van der Waals surface area contributed by atoms with Crippen molar-refractivity contribution in [2.75, 3.05) is 7.11 Å². The Morgan fingerprint density at radius 1 is 0.711 bits per heavy atom. The van der Waals surface area contributed by atoms with Crippen molar-refractivity contribution in [3.8, 4) is 0 Å². The molecule has 0 saturated carbocycles. The first kappa shape index (κ1) is 25.4. The largest absolute Gasteiger partial charge is 0.465 e. The Morgan fingerprint density at radius 2 is 1.13 bits per heavy atom. The van der Waals surface area contributed by atoms with Gasteiger partial charge in [0.15, 0.2) is 5.76 Å². The Labute approximate surface area is 222 Å². The summed E-state index contributed by atoms with van der Waals surface area (Å²) >= 11 is 0. The number of cyclic esters (lactones) is 1. The van der Waals surface area contributed by atoms with Crippen molar-refractivity contribution in [1.29, 1.82) is 0 Å². The van der Waals surface area contributed by atoms with Crippen LogP contribution in [0.2, 0.25) is 0 Å². The van der Waals surface area contributed by atoms with Gasteiger partial charge >= 0.3 is 11.9 Å². The third-order valence-corrected chi connectivity index (χ3v) is 11.1. The number of hydrogen-bond donors (Lipinski definition) is 0. The molecule has 2 heterocycles. The Bertz CT molecular complexity index is 1480. The van der Waals surface area contributed by atoms with Gasteiger partial charge in [-0.25, -0.2) is 9.59 Å². The minimum absolute atomic E-state index is 0.152. The molecule has 0 amide bonds. The minimum Gasteiger partial charge on any atom is -0.465 e. The van der Waals surface area contributed by atoms with Crippen LogP contribution in [0.1, 0.15) is 22.3 Å². The molecule has 0 saturated heterocycles. The highest BCUT2D eigenvalue weighted by Crippen LogP contribution is 2.51. The van der Waals surface area contributed by atoms with Gasteiger partial charge in [0.1, 0.15) is 5.57 Å². The van der Waals surface area contributed by atoms with E-state index in [4.69, 9.17) is 9.47 Å². The maximum absolute atomic E-state index is 14.1. The first-order valence-electron chi connectivity index (χ1n) is 12.3. The lowest BCUT2D eigenvalue weighted by Crippen LogP contribution is -2.34. The highest BCUT2D eigenvalue weighted by Gasteiger charge is 2.44. The summed E-state index contributed by atoms with van der Waals surface area (Å²) in [4.78, 5) is 31.7. The molecule has 5 nitrogen and oxygen atoms in total. The van der Waals surface area contributed by atoms with E-state index in [9.17, 15) is 9.59 Å². The molecule has 5 rings (SSSR count). The van der Waals surface area contributed by atoms with Crippen LogP contribution in [0.5, 0.6) is 0 Å². The van der Waals surface area contributed by atoms with Crippen molar-refractivity contribution in [1.82, 2.24) is 4.98 Å². The molecule has 0 fully saturated rings. The molecule has 0 N–H and O–H groups in total. The van der Waals surface area contributed by atoms with Gasteiger partial charge in [-0.15, -0.1) is 0 Å². The summed E-state index contributed by atoms with van der Waals surface area (Å²) in [5.41, 5.74) is 4.02. The van der Waals surface area contributed by atoms with E-state index < -0.39 is 18.8 Å². The van der Waals surface area contributed by atoms with E-state index in [0.717, 1.165) is 32.6 Å². The quantitative estimate of drug-likeness (QED) is 0.283. The number of carbonyl (C=O) groups excluding carboxylic acids is 2. The molecule has 1 aliphatic heterocycles. The van der Waals surface area contributed by atoms with Gasteiger partial charge in [-0.2, -0.15) is 0 Å². The Morgan fingerprint density at radius 3 is 1.53 bits per heavy atom. The second-order valence-electron chi connectivity index (χ2n) is 9.35. The zero-order chi connectivity index (χ0) is 26.9. The molecular formula is C32H28NO4P. The van der Waals surface area contributed by atoms with Crippen LogP contribution in [0.15, 0.2) is 103 Å². The zero-order valence-electron chi connectivity index (χ0n) is 21.8. The summed E-state index contributed by atoms with van der Waals surface area (Å²) in [5.74, 6) is -0.976. The smallest absolute Gasteiger partial charge is 0.345 e. The number of nitrogens with zero attached hydrogens (tertiary/aromatic N) is 1. The van der Waals surface area contributed by atoms with Crippen LogP contribution in [0.3, 0.4) is 0 Å². The van der Waals surface area contributed by atoms with Crippen molar-refractivity contribution in [2.45, 2.75) is 20.8 Å². The van der Waals surface area contributed by atoms with Gasteiger partial charge in [-0.3, -0.25) is 4.98 Å². The van der Waals surface area contributed by atoms with Crippen LogP contribution < -0.4 is 15.9 Å². The number of aromatic nitrogens is 1. The maximum Gasteiger partial charge on any atom is 0.345 e. The summed E-state index contributed by atoms with van der Waals surface area (Å²) in [6, 6.07) is 28.0. The highest BCUT2D eigenvalue weighted by molar-refractivity contribution is 7.97. The van der Waals surface area contributed by atoms with Crippen LogP contribution in [0.4, 0.5) is 0 Å². The van der Waals surface area contributed by atoms with E-state index in [2.05, 4.69) is 41.4 Å². The van der Waals surface area contributed by atoms with Gasteiger partial charge in [-0.1, -0.05) is 89.5 Å². The lowest BCUT2D eigenvalue weighted by atomic mass is 10.1. The first-order valence-corrected chi connectivity index (χ1v) is 14.1. The average molecular weight is 522 g/mol. The van der Waals surface area contributed by atoms with E-state index in [0.29, 0.717) is 10.9 Å². The minimum atomic E-state index is -2.93. The number of ether oxygens (including phenoxy) is 2. The molecule has 190 valence electrons. The predicted molar refractivity (Wildman–Crippen MR) is 154 cm³/mol. The summed E-state index contributed by atoms with van der Waals surface area (Å²) in [6.07, 6.45) is 3.21. The fraction of sp³-hybridized carbons (Fsp3) is 0.125. The predicted octanol–water partition coefficient (Wildman–Crippen LogP) is 4.61. The average Bonchev–Trinajstić information content (AvgIpc) is 3.29. The lowest BCUT2D eigenvalue weighted by molar-refractivity contribution is -0.135. The summed E-state index contributed by atoms with van der Waals surface area (Å²) in [5, 5.41) is 3.16. The Kier molecular flexibility index (Phi) is 6.88. The molecule has 6 heteroatoms. The van der Waals surface area contributed by atoms with Crippen molar-refractivity contribution < 1.29 is 19.1 Å². The molecule has 0 unspecified atom stereocenters. The summed E-state index contributed by atoms with van der Waals surface area (Å²) in [6.45, 7) is 3.15. The summed E-state index contributed by atoms with van der Waals surface area (Å²) < 4.78 is 11.2. The first-order chi connectivity index (χ1) is 18.4. The van der Waals surface area contributed by atoms with E-state index in [-0.39, 0.29) is 11.3 Å². The standard InChI is InChI=1S/C32H28NO4P/c1-21-5-11-25(12-6-21)38(26-13-7-22(2)8-14-26,27-15-9-23(3)10-16-27)30-28(31(34)36-4)29(37-32(30)35)24-17-19-33-20-18-24/h5-20H,1-4H3. The van der Waals surface area contributed by atoms with Gasteiger partial charge in [0, 0.05) is 18.0 Å². The monoisotopic (exact) mass is 521 g/mol. The van der Waals surface area contributed by atoms with E-state index >= 15 is 0 Å². The van der Waals surface area contributed by atoms with Crippen LogP contribution in [0, 0.1) is 20.8 Å². The SMILES string of the molecule is COC(=O)C1=C(c2ccncc2)OC(=O)C1=P(c1ccc(C)cc1)(c1ccc(C)cc1)c1ccc(C)cc1. The zero-order valence-corrected chi connectivity index (χ0v) is 22.7. The van der Waals surface area contributed by atoms with Crippen LogP contribution >= 0.6 is 6.89 Å². The molecule has 0 aliphatic carbocycles. The van der Waals surface area contributed by atoms with E-state index in [1.54, 1.807) is 24.5 Å². The molecule has 0 radical (unpaired) electrons. The number of carbonyl (C=O) groups is 2. The number of methoxy groups -OCH3 is 1. The second-order valence-corrected chi connectivity index (χ2v) is 12.7. The molecule has 0 atom stereocenters.